The predicted octanol–water partition coefficient (Wildman–Crippen LogP) is 3.62. The van der Waals surface area contributed by atoms with E-state index in [9.17, 15) is 9.59 Å². The average Bonchev–Trinajstić information content (AvgIpc) is 2.43. The monoisotopic (exact) mass is 416 g/mol. The van der Waals surface area contributed by atoms with Gasteiger partial charge in [-0.3, -0.25) is 14.5 Å². The van der Waals surface area contributed by atoms with Crippen LogP contribution in [0.4, 0.5) is 5.69 Å². The molecule has 0 bridgehead atoms. The second-order valence-corrected chi connectivity index (χ2v) is 7.14. The zero-order valence-electron chi connectivity index (χ0n) is 12.2. The Hall–Kier alpha value is -0.880. The van der Waals surface area contributed by atoms with E-state index in [2.05, 4.69) is 37.2 Å². The number of halogens is 2. The molecule has 114 valence electrons. The van der Waals surface area contributed by atoms with Gasteiger partial charge in [-0.2, -0.15) is 0 Å². The van der Waals surface area contributed by atoms with Crippen molar-refractivity contribution in [3.05, 3.63) is 27.1 Å². The Kier molecular flexibility index (Phi) is 4.78. The lowest BCUT2D eigenvalue weighted by molar-refractivity contribution is -0.138. The molecule has 2 rings (SSSR count). The van der Waals surface area contributed by atoms with Crippen LogP contribution in [0.3, 0.4) is 0 Å². The third-order valence-corrected chi connectivity index (χ3v) is 5.10. The number of nitrogens with one attached hydrogen (secondary N) is 1. The van der Waals surface area contributed by atoms with E-state index in [-0.39, 0.29) is 11.8 Å². The van der Waals surface area contributed by atoms with Crippen LogP contribution in [-0.4, -0.2) is 23.4 Å². The molecule has 21 heavy (non-hydrogen) atoms. The molecule has 6 heteroatoms. The van der Waals surface area contributed by atoms with E-state index in [1.165, 1.54) is 0 Å². The van der Waals surface area contributed by atoms with Crippen molar-refractivity contribution < 1.29 is 9.59 Å². The number of amides is 2. The van der Waals surface area contributed by atoms with E-state index in [1.54, 1.807) is 11.8 Å². The van der Waals surface area contributed by atoms with Crippen LogP contribution in [0.25, 0.3) is 0 Å². The Balaban J connectivity index is 2.54. The molecule has 0 aromatic heterocycles. The van der Waals surface area contributed by atoms with Gasteiger partial charge >= 0.3 is 0 Å². The number of carbonyl (C=O) groups excluding carboxylic acids is 2. The fourth-order valence-electron chi connectivity index (χ4n) is 2.49. The predicted molar refractivity (Wildman–Crippen MR) is 90.2 cm³/mol. The summed E-state index contributed by atoms with van der Waals surface area (Å²) in [7, 11) is 0. The van der Waals surface area contributed by atoms with Crippen molar-refractivity contribution in [2.45, 2.75) is 45.2 Å². The van der Waals surface area contributed by atoms with Gasteiger partial charge in [0.15, 0.2) is 0 Å². The largest absolute Gasteiger partial charge is 0.340 e. The molecule has 0 spiro atoms. The standard InChI is InChI=1S/C15H18Br2N2O2/c1-4-11-13(20)18-15(3,5-2)14(21)19(11)12-7-6-9(16)8-10(12)17/h6-8,11H,4-5H2,1-3H3,(H,18,20). The van der Waals surface area contributed by atoms with Crippen molar-refractivity contribution in [2.75, 3.05) is 4.90 Å². The Morgan fingerprint density at radius 1 is 1.29 bits per heavy atom. The summed E-state index contributed by atoms with van der Waals surface area (Å²) < 4.78 is 1.70. The van der Waals surface area contributed by atoms with E-state index in [0.717, 1.165) is 14.6 Å². The van der Waals surface area contributed by atoms with Gasteiger partial charge in [0.05, 0.1) is 5.69 Å². The summed E-state index contributed by atoms with van der Waals surface area (Å²) in [6.07, 6.45) is 1.12. The molecule has 4 nitrogen and oxygen atoms in total. The number of rotatable bonds is 3. The molecule has 1 aliphatic heterocycles. The molecule has 0 radical (unpaired) electrons. The summed E-state index contributed by atoms with van der Waals surface area (Å²) in [5.74, 6) is -0.171. The first-order chi connectivity index (χ1) is 9.84. The SMILES string of the molecule is CCC1C(=O)NC(C)(CC)C(=O)N1c1ccc(Br)cc1Br. The van der Waals surface area contributed by atoms with Crippen LogP contribution >= 0.6 is 31.9 Å². The summed E-state index contributed by atoms with van der Waals surface area (Å²) in [5, 5.41) is 2.87. The lowest BCUT2D eigenvalue weighted by Crippen LogP contribution is -2.69. The number of hydrogen-bond donors (Lipinski definition) is 1. The van der Waals surface area contributed by atoms with Crippen LogP contribution in [0.15, 0.2) is 27.1 Å². The molecule has 1 aromatic carbocycles. The van der Waals surface area contributed by atoms with Gasteiger partial charge in [-0.05, 0) is 53.9 Å². The van der Waals surface area contributed by atoms with Crippen molar-refractivity contribution in [3.63, 3.8) is 0 Å². The van der Waals surface area contributed by atoms with Gasteiger partial charge in [-0.25, -0.2) is 0 Å². The molecule has 1 heterocycles. The van der Waals surface area contributed by atoms with Crippen molar-refractivity contribution in [1.29, 1.82) is 0 Å². The normalized spacial score (nSPS) is 26.0. The first kappa shape index (κ1) is 16.5. The molecular formula is C15H18Br2N2O2. The van der Waals surface area contributed by atoms with Gasteiger partial charge in [0, 0.05) is 8.95 Å². The van der Waals surface area contributed by atoms with Gasteiger partial charge < -0.3 is 5.32 Å². The zero-order valence-corrected chi connectivity index (χ0v) is 15.4. The van der Waals surface area contributed by atoms with E-state index < -0.39 is 11.6 Å². The van der Waals surface area contributed by atoms with Gasteiger partial charge in [0.25, 0.3) is 5.91 Å². The lowest BCUT2D eigenvalue weighted by Gasteiger charge is -2.44. The summed E-state index contributed by atoms with van der Waals surface area (Å²) in [5.41, 5.74) is -0.125. The third kappa shape index (κ3) is 2.88. The van der Waals surface area contributed by atoms with E-state index in [0.29, 0.717) is 12.8 Å². The highest BCUT2D eigenvalue weighted by Gasteiger charge is 2.47. The van der Waals surface area contributed by atoms with Crippen LogP contribution in [0.5, 0.6) is 0 Å². The Bertz CT molecular complexity index is 591. The number of carbonyl (C=O) groups is 2. The summed E-state index contributed by atoms with van der Waals surface area (Å²) in [6.45, 7) is 5.59. The Labute approximate surface area is 141 Å². The molecule has 1 fully saturated rings. The van der Waals surface area contributed by atoms with Crippen molar-refractivity contribution in [2.24, 2.45) is 0 Å². The van der Waals surface area contributed by atoms with E-state index >= 15 is 0 Å². The molecule has 1 saturated heterocycles. The molecule has 0 saturated carbocycles. The smallest absolute Gasteiger partial charge is 0.253 e. The summed E-state index contributed by atoms with van der Waals surface area (Å²) in [4.78, 5) is 26.9. The maximum Gasteiger partial charge on any atom is 0.253 e. The Morgan fingerprint density at radius 3 is 2.48 bits per heavy atom. The molecule has 2 atom stereocenters. The van der Waals surface area contributed by atoms with E-state index in [1.807, 2.05) is 32.0 Å². The molecular weight excluding hydrogens is 400 g/mol. The minimum Gasteiger partial charge on any atom is -0.340 e. The first-order valence-electron chi connectivity index (χ1n) is 6.94. The van der Waals surface area contributed by atoms with Gasteiger partial charge in [0.2, 0.25) is 5.91 Å². The van der Waals surface area contributed by atoms with Crippen molar-refractivity contribution in [3.8, 4) is 0 Å². The molecule has 0 aliphatic carbocycles. The number of anilines is 1. The van der Waals surface area contributed by atoms with Crippen LogP contribution in [0.1, 0.15) is 33.6 Å². The second-order valence-electron chi connectivity index (χ2n) is 5.37. The maximum absolute atomic E-state index is 12.9. The van der Waals surface area contributed by atoms with Crippen molar-refractivity contribution >= 4 is 49.4 Å². The molecule has 2 amide bonds. The first-order valence-corrected chi connectivity index (χ1v) is 8.53. The zero-order chi connectivity index (χ0) is 15.8. The fraction of sp³-hybridized carbons (Fsp3) is 0.467. The Morgan fingerprint density at radius 2 is 1.95 bits per heavy atom. The van der Waals surface area contributed by atoms with Gasteiger partial charge in [-0.1, -0.05) is 29.8 Å². The van der Waals surface area contributed by atoms with Crippen LogP contribution < -0.4 is 10.2 Å². The molecule has 1 aromatic rings. The highest BCUT2D eigenvalue weighted by atomic mass is 79.9. The van der Waals surface area contributed by atoms with Crippen LogP contribution in [0, 0.1) is 0 Å². The third-order valence-electron chi connectivity index (χ3n) is 3.97. The highest BCUT2D eigenvalue weighted by Crippen LogP contribution is 2.35. The average molecular weight is 418 g/mol. The highest BCUT2D eigenvalue weighted by molar-refractivity contribution is 9.11. The number of benzene rings is 1. The minimum atomic E-state index is -0.852. The topological polar surface area (TPSA) is 49.4 Å². The summed E-state index contributed by atoms with van der Waals surface area (Å²) >= 11 is 6.89. The lowest BCUT2D eigenvalue weighted by atomic mass is 9.90. The number of piperazine rings is 1. The van der Waals surface area contributed by atoms with Crippen LogP contribution in [-0.2, 0) is 9.59 Å². The maximum atomic E-state index is 12.9. The van der Waals surface area contributed by atoms with E-state index in [4.69, 9.17) is 0 Å². The number of hydrogen-bond acceptors (Lipinski definition) is 2. The molecule has 2 unspecified atom stereocenters. The fourth-order valence-corrected chi connectivity index (χ4v) is 3.73. The second kappa shape index (κ2) is 6.08. The van der Waals surface area contributed by atoms with Crippen LogP contribution in [0.2, 0.25) is 0 Å². The molecule has 1 N–H and O–H groups in total. The minimum absolute atomic E-state index is 0.0699. The molecule has 1 aliphatic rings. The van der Waals surface area contributed by atoms with Gasteiger partial charge in [-0.15, -0.1) is 0 Å². The van der Waals surface area contributed by atoms with Gasteiger partial charge in [0.1, 0.15) is 11.6 Å². The van der Waals surface area contributed by atoms with Crippen molar-refractivity contribution in [1.82, 2.24) is 5.32 Å². The number of nitrogens with zero attached hydrogens (tertiary/aromatic N) is 1. The quantitative estimate of drug-likeness (QED) is 0.816. The summed E-state index contributed by atoms with van der Waals surface area (Å²) in [6, 6.07) is 5.12.